The average molecular weight is 511 g/mol. The number of rotatable bonds is 3. The quantitative estimate of drug-likeness (QED) is 0.194. The van der Waals surface area contributed by atoms with Crippen molar-refractivity contribution in [2.24, 2.45) is 0 Å². The van der Waals surface area contributed by atoms with Crippen LogP contribution in [-0.4, -0.2) is 16.2 Å². The van der Waals surface area contributed by atoms with E-state index in [9.17, 15) is 15.0 Å². The van der Waals surface area contributed by atoms with Crippen LogP contribution in [-0.2, 0) is 10.3 Å². The van der Waals surface area contributed by atoms with Crippen LogP contribution in [0.4, 0.5) is 0 Å². The molecule has 7 rings (SSSR count). The molecule has 2 N–H and O–H groups in total. The van der Waals surface area contributed by atoms with Gasteiger partial charge in [0.1, 0.15) is 23.0 Å². The van der Waals surface area contributed by atoms with E-state index in [0.717, 1.165) is 22.3 Å². The largest absolute Gasteiger partial charge is 0.508 e. The van der Waals surface area contributed by atoms with Gasteiger partial charge < -0.3 is 19.7 Å². The fourth-order valence-corrected chi connectivity index (χ4v) is 5.61. The second-order valence-electron chi connectivity index (χ2n) is 9.60. The minimum atomic E-state index is -1.36. The van der Waals surface area contributed by atoms with Gasteiger partial charge in [0.2, 0.25) is 0 Å². The number of aromatic hydroxyl groups is 2. The number of carbonyl (C=O) groups excluding carboxylic acids is 1. The summed E-state index contributed by atoms with van der Waals surface area (Å²) in [6.45, 7) is 0. The van der Waals surface area contributed by atoms with E-state index in [0.29, 0.717) is 33.8 Å². The molecule has 2 aliphatic rings. The monoisotopic (exact) mass is 510 g/mol. The molecule has 0 aromatic heterocycles. The van der Waals surface area contributed by atoms with Gasteiger partial charge in [-0.3, -0.25) is 0 Å². The molecular formula is C34H22O5. The van der Waals surface area contributed by atoms with Gasteiger partial charge in [0.25, 0.3) is 0 Å². The summed E-state index contributed by atoms with van der Waals surface area (Å²) in [6, 6.07) is 33.3. The zero-order valence-electron chi connectivity index (χ0n) is 20.7. The van der Waals surface area contributed by atoms with Crippen LogP contribution in [0.1, 0.15) is 38.2 Å². The Kier molecular flexibility index (Phi) is 5.07. The average Bonchev–Trinajstić information content (AvgIpc) is 3.26. The van der Waals surface area contributed by atoms with Crippen LogP contribution in [0.15, 0.2) is 109 Å². The molecule has 5 aromatic rings. The highest BCUT2D eigenvalue weighted by atomic mass is 16.6. The fourth-order valence-electron chi connectivity index (χ4n) is 5.61. The predicted molar refractivity (Wildman–Crippen MR) is 149 cm³/mol. The van der Waals surface area contributed by atoms with E-state index in [-0.39, 0.29) is 11.5 Å². The first-order valence-electron chi connectivity index (χ1n) is 12.6. The Morgan fingerprint density at radius 1 is 0.667 bits per heavy atom. The van der Waals surface area contributed by atoms with E-state index in [1.54, 1.807) is 24.3 Å². The summed E-state index contributed by atoms with van der Waals surface area (Å²) in [5.74, 6) is 0.256. The SMILES string of the molecule is O=C1OC2(c3ccc(O)cc3Oc3cc(O)ccc32)c2c(-c3ccccc3)ccc(/C=C/c3ccccc3)c21. The molecule has 0 bridgehead atoms. The van der Waals surface area contributed by atoms with Crippen molar-refractivity contribution in [2.45, 2.75) is 5.60 Å². The highest BCUT2D eigenvalue weighted by molar-refractivity contribution is 6.04. The number of ether oxygens (including phenoxy) is 2. The second-order valence-corrected chi connectivity index (χ2v) is 9.60. The predicted octanol–water partition coefficient (Wildman–Crippen LogP) is 7.50. The van der Waals surface area contributed by atoms with Crippen LogP contribution >= 0.6 is 0 Å². The summed E-state index contributed by atoms with van der Waals surface area (Å²) < 4.78 is 12.6. The van der Waals surface area contributed by atoms with Crippen LogP contribution in [0.25, 0.3) is 23.3 Å². The maximum atomic E-state index is 13.9. The summed E-state index contributed by atoms with van der Waals surface area (Å²) in [4.78, 5) is 13.9. The summed E-state index contributed by atoms with van der Waals surface area (Å²) in [6.07, 6.45) is 3.90. The molecule has 0 amide bonds. The van der Waals surface area contributed by atoms with E-state index < -0.39 is 11.6 Å². The molecule has 0 fully saturated rings. The van der Waals surface area contributed by atoms with Gasteiger partial charge in [0.15, 0.2) is 5.60 Å². The fraction of sp³-hybridized carbons (Fsp3) is 0.0294. The summed E-state index contributed by atoms with van der Waals surface area (Å²) >= 11 is 0. The zero-order valence-corrected chi connectivity index (χ0v) is 20.7. The highest BCUT2D eigenvalue weighted by Crippen LogP contribution is 2.59. The van der Waals surface area contributed by atoms with Crippen LogP contribution in [0.2, 0.25) is 0 Å². The Hall–Kier alpha value is -5.29. The summed E-state index contributed by atoms with van der Waals surface area (Å²) in [5, 5.41) is 20.6. The number of phenolic OH excluding ortho intramolecular Hbond substituents is 2. The second kappa shape index (κ2) is 8.64. The van der Waals surface area contributed by atoms with Gasteiger partial charge in [-0.15, -0.1) is 0 Å². The molecular weight excluding hydrogens is 488 g/mol. The number of fused-ring (bicyclic) bond motifs is 6. The normalized spacial score (nSPS) is 14.4. The third kappa shape index (κ3) is 3.51. The lowest BCUT2D eigenvalue weighted by Crippen LogP contribution is -2.33. The van der Waals surface area contributed by atoms with Gasteiger partial charge in [-0.25, -0.2) is 4.79 Å². The standard InChI is InChI=1S/C34H22O5/c35-24-14-17-27-29(19-24)38-30-20-25(36)15-18-28(30)34(27)32-26(22-9-5-2-6-10-22)16-13-23(31(32)33(37)39-34)12-11-21-7-3-1-4-8-21/h1-20,35-36H/b12-11+. The molecule has 188 valence electrons. The van der Waals surface area contributed by atoms with Crippen molar-refractivity contribution in [1.82, 2.24) is 0 Å². The highest BCUT2D eigenvalue weighted by Gasteiger charge is 2.55. The first-order valence-corrected chi connectivity index (χ1v) is 12.6. The molecule has 5 heteroatoms. The van der Waals surface area contributed by atoms with Crippen LogP contribution in [0, 0.1) is 0 Å². The van der Waals surface area contributed by atoms with Crippen LogP contribution < -0.4 is 4.74 Å². The lowest BCUT2D eigenvalue weighted by molar-refractivity contribution is 0.0225. The molecule has 2 heterocycles. The molecule has 0 atom stereocenters. The Bertz CT molecular complexity index is 1740. The maximum Gasteiger partial charge on any atom is 0.340 e. The summed E-state index contributed by atoms with van der Waals surface area (Å²) in [5.41, 5.74) is 4.47. The van der Waals surface area contributed by atoms with Gasteiger partial charge in [0.05, 0.1) is 5.56 Å². The molecule has 1 spiro atoms. The number of esters is 1. The van der Waals surface area contributed by atoms with E-state index in [1.807, 2.05) is 84.9 Å². The Balaban J connectivity index is 1.57. The topological polar surface area (TPSA) is 76.0 Å². The van der Waals surface area contributed by atoms with Crippen molar-refractivity contribution in [1.29, 1.82) is 0 Å². The molecule has 5 nitrogen and oxygen atoms in total. The van der Waals surface area contributed by atoms with Crippen molar-refractivity contribution in [3.8, 4) is 34.1 Å². The number of benzene rings is 5. The molecule has 39 heavy (non-hydrogen) atoms. The third-order valence-electron chi connectivity index (χ3n) is 7.29. The van der Waals surface area contributed by atoms with Crippen molar-refractivity contribution < 1.29 is 24.5 Å². The van der Waals surface area contributed by atoms with Crippen LogP contribution in [0.5, 0.6) is 23.0 Å². The van der Waals surface area contributed by atoms with Crippen molar-refractivity contribution >= 4 is 18.1 Å². The van der Waals surface area contributed by atoms with Crippen molar-refractivity contribution in [3.63, 3.8) is 0 Å². The maximum absolute atomic E-state index is 13.9. The van der Waals surface area contributed by atoms with Gasteiger partial charge in [-0.05, 0) is 46.5 Å². The third-order valence-corrected chi connectivity index (χ3v) is 7.29. The number of carbonyl (C=O) groups is 1. The minimum Gasteiger partial charge on any atom is -0.508 e. The van der Waals surface area contributed by atoms with Gasteiger partial charge >= 0.3 is 5.97 Å². The lowest BCUT2D eigenvalue weighted by atomic mass is 9.74. The number of hydrogen-bond acceptors (Lipinski definition) is 5. The Morgan fingerprint density at radius 3 is 1.92 bits per heavy atom. The van der Waals surface area contributed by atoms with E-state index in [1.165, 1.54) is 12.1 Å². The molecule has 0 saturated carbocycles. The zero-order chi connectivity index (χ0) is 26.6. The van der Waals surface area contributed by atoms with Gasteiger partial charge in [-0.2, -0.15) is 0 Å². The summed E-state index contributed by atoms with van der Waals surface area (Å²) in [7, 11) is 0. The van der Waals surface area contributed by atoms with E-state index >= 15 is 0 Å². The Morgan fingerprint density at radius 2 is 1.28 bits per heavy atom. The molecule has 0 saturated heterocycles. The van der Waals surface area contributed by atoms with Gasteiger partial charge in [0, 0.05) is 28.8 Å². The molecule has 5 aromatic carbocycles. The van der Waals surface area contributed by atoms with Crippen LogP contribution in [0.3, 0.4) is 0 Å². The van der Waals surface area contributed by atoms with E-state index in [4.69, 9.17) is 9.47 Å². The lowest BCUT2D eigenvalue weighted by Gasteiger charge is -2.37. The number of hydrogen-bond donors (Lipinski definition) is 2. The molecule has 0 unspecified atom stereocenters. The number of phenols is 2. The van der Waals surface area contributed by atoms with Gasteiger partial charge in [-0.1, -0.05) is 84.9 Å². The van der Waals surface area contributed by atoms with Crippen molar-refractivity contribution in [3.05, 3.63) is 143 Å². The van der Waals surface area contributed by atoms with Crippen molar-refractivity contribution in [2.75, 3.05) is 0 Å². The molecule has 2 aliphatic heterocycles. The Labute approximate surface area is 224 Å². The van der Waals surface area contributed by atoms with E-state index in [2.05, 4.69) is 0 Å². The smallest absolute Gasteiger partial charge is 0.340 e. The minimum absolute atomic E-state index is 0.0138. The molecule has 0 radical (unpaired) electrons. The first-order chi connectivity index (χ1) is 19.0. The first kappa shape index (κ1) is 22.9. The molecule has 0 aliphatic carbocycles.